The Morgan fingerprint density at radius 2 is 1.62 bits per heavy atom. The molecule has 2 aromatic carbocycles. The van der Waals surface area contributed by atoms with E-state index < -0.39 is 11.9 Å². The zero-order valence-electron chi connectivity index (χ0n) is 21.5. The summed E-state index contributed by atoms with van der Waals surface area (Å²) in [5, 5.41) is 3.15. The molecule has 1 N–H and O–H groups in total. The van der Waals surface area contributed by atoms with E-state index in [4.69, 9.17) is 23.4 Å². The highest BCUT2D eigenvalue weighted by Crippen LogP contribution is 2.41. The lowest BCUT2D eigenvalue weighted by Crippen LogP contribution is -2.46. The molecule has 9 heteroatoms. The van der Waals surface area contributed by atoms with Crippen molar-refractivity contribution in [2.75, 3.05) is 33.3 Å². The lowest BCUT2D eigenvalue weighted by Gasteiger charge is -2.33. The van der Waals surface area contributed by atoms with E-state index in [0.29, 0.717) is 34.2 Å². The van der Waals surface area contributed by atoms with Gasteiger partial charge in [0.25, 0.3) is 5.91 Å². The summed E-state index contributed by atoms with van der Waals surface area (Å²) in [6, 6.07) is 12.4. The molecule has 0 saturated heterocycles. The Labute approximate surface area is 216 Å². The number of hydrogen-bond acceptors (Lipinski definition) is 7. The van der Waals surface area contributed by atoms with Crippen molar-refractivity contribution >= 4 is 17.5 Å². The summed E-state index contributed by atoms with van der Waals surface area (Å²) in [7, 11) is 6.06. The van der Waals surface area contributed by atoms with E-state index in [0.717, 1.165) is 25.7 Å². The molecule has 0 radical (unpaired) electrons. The van der Waals surface area contributed by atoms with Crippen LogP contribution in [0.4, 0.5) is 5.69 Å². The standard InChI is InChI=1S/C28H32N2O7/c1-33-20-15-19(16-21(17-20)34-2)30(28(32)24-13-8-14-37-24)25(27(31)29-18-9-5-6-10-18)22-11-7-12-23(35-3)26(22)36-4/h7-8,11-18,25H,5-6,9-10H2,1-4H3,(H,29,31). The van der Waals surface area contributed by atoms with Gasteiger partial charge in [0.1, 0.15) is 17.5 Å². The van der Waals surface area contributed by atoms with Crippen LogP contribution in [0.5, 0.6) is 23.0 Å². The van der Waals surface area contributed by atoms with Crippen LogP contribution in [0.2, 0.25) is 0 Å². The highest BCUT2D eigenvalue weighted by Gasteiger charge is 2.38. The van der Waals surface area contributed by atoms with Crippen LogP contribution in [0.25, 0.3) is 0 Å². The van der Waals surface area contributed by atoms with Gasteiger partial charge in [0.2, 0.25) is 5.91 Å². The summed E-state index contributed by atoms with van der Waals surface area (Å²) < 4.78 is 27.6. The topological polar surface area (TPSA) is 99.5 Å². The number of furan rings is 1. The predicted octanol–water partition coefficient (Wildman–Crippen LogP) is 4.76. The Hall–Kier alpha value is -4.14. The molecule has 0 aliphatic heterocycles. The Balaban J connectivity index is 1.94. The average Bonchev–Trinajstić information content (AvgIpc) is 3.65. The third-order valence-corrected chi connectivity index (χ3v) is 6.50. The molecule has 37 heavy (non-hydrogen) atoms. The van der Waals surface area contributed by atoms with Crippen LogP contribution in [-0.2, 0) is 4.79 Å². The van der Waals surface area contributed by atoms with Gasteiger partial charge in [-0.25, -0.2) is 0 Å². The normalized spacial score (nSPS) is 14.1. The zero-order valence-corrected chi connectivity index (χ0v) is 21.5. The fraction of sp³-hybridized carbons (Fsp3) is 0.357. The maximum absolute atomic E-state index is 14.1. The molecule has 1 aliphatic carbocycles. The monoisotopic (exact) mass is 508 g/mol. The number of carbonyl (C=O) groups is 2. The van der Waals surface area contributed by atoms with Crippen molar-refractivity contribution in [1.29, 1.82) is 0 Å². The molecule has 1 fully saturated rings. The van der Waals surface area contributed by atoms with Gasteiger partial charge >= 0.3 is 0 Å². The SMILES string of the molecule is COc1cc(OC)cc(N(C(=O)c2ccco2)C(C(=O)NC2CCCC2)c2cccc(OC)c2OC)c1. The maximum Gasteiger partial charge on any atom is 0.294 e. The number of nitrogens with one attached hydrogen (secondary N) is 1. The second-order valence-corrected chi connectivity index (χ2v) is 8.70. The molecular weight excluding hydrogens is 476 g/mol. The predicted molar refractivity (Wildman–Crippen MR) is 138 cm³/mol. The first-order valence-corrected chi connectivity index (χ1v) is 12.1. The average molecular weight is 509 g/mol. The molecule has 2 amide bonds. The Morgan fingerprint density at radius 3 is 2.19 bits per heavy atom. The second kappa shape index (κ2) is 11.7. The Bertz CT molecular complexity index is 1200. The zero-order chi connectivity index (χ0) is 26.4. The fourth-order valence-corrected chi connectivity index (χ4v) is 4.71. The van der Waals surface area contributed by atoms with Crippen LogP contribution in [0.1, 0.15) is 47.8 Å². The lowest BCUT2D eigenvalue weighted by atomic mass is 10.00. The van der Waals surface area contributed by atoms with E-state index >= 15 is 0 Å². The summed E-state index contributed by atoms with van der Waals surface area (Å²) in [6.07, 6.45) is 5.26. The van der Waals surface area contributed by atoms with E-state index in [1.807, 2.05) is 0 Å². The molecule has 3 aromatic rings. The molecule has 1 aliphatic rings. The fourth-order valence-electron chi connectivity index (χ4n) is 4.71. The van der Waals surface area contributed by atoms with Crippen LogP contribution < -0.4 is 29.2 Å². The molecule has 0 bridgehead atoms. The number of hydrogen-bond donors (Lipinski definition) is 1. The van der Waals surface area contributed by atoms with Crippen molar-refractivity contribution in [3.63, 3.8) is 0 Å². The van der Waals surface area contributed by atoms with Crippen molar-refractivity contribution in [2.24, 2.45) is 0 Å². The number of methoxy groups -OCH3 is 4. The van der Waals surface area contributed by atoms with Gasteiger partial charge in [0.15, 0.2) is 17.3 Å². The molecule has 1 unspecified atom stereocenters. The summed E-state index contributed by atoms with van der Waals surface area (Å²) in [6.45, 7) is 0. The van der Waals surface area contributed by atoms with Gasteiger partial charge in [-0.2, -0.15) is 0 Å². The quantitative estimate of drug-likeness (QED) is 0.421. The van der Waals surface area contributed by atoms with Crippen LogP contribution >= 0.6 is 0 Å². The number of anilines is 1. The highest BCUT2D eigenvalue weighted by atomic mass is 16.5. The molecule has 1 saturated carbocycles. The maximum atomic E-state index is 14.1. The van der Waals surface area contributed by atoms with E-state index in [2.05, 4.69) is 5.32 Å². The van der Waals surface area contributed by atoms with E-state index in [9.17, 15) is 9.59 Å². The molecular formula is C28H32N2O7. The third kappa shape index (κ3) is 5.50. The van der Waals surface area contributed by atoms with Crippen molar-refractivity contribution in [3.8, 4) is 23.0 Å². The summed E-state index contributed by atoms with van der Waals surface area (Å²) in [4.78, 5) is 29.5. The molecule has 1 aromatic heterocycles. The second-order valence-electron chi connectivity index (χ2n) is 8.70. The number of ether oxygens (including phenoxy) is 4. The summed E-state index contributed by atoms with van der Waals surface area (Å²) in [5.74, 6) is 0.911. The minimum Gasteiger partial charge on any atom is -0.497 e. The van der Waals surface area contributed by atoms with Gasteiger partial charge < -0.3 is 28.7 Å². The smallest absolute Gasteiger partial charge is 0.294 e. The summed E-state index contributed by atoms with van der Waals surface area (Å²) in [5.41, 5.74) is 0.841. The number of nitrogens with zero attached hydrogens (tertiary/aromatic N) is 1. The highest BCUT2D eigenvalue weighted by molar-refractivity contribution is 6.09. The number of carbonyl (C=O) groups excluding carboxylic acids is 2. The van der Waals surface area contributed by atoms with Crippen molar-refractivity contribution < 1.29 is 33.0 Å². The number of para-hydroxylation sites is 1. The first-order valence-electron chi connectivity index (χ1n) is 12.1. The van der Waals surface area contributed by atoms with Gasteiger partial charge in [-0.1, -0.05) is 25.0 Å². The number of benzene rings is 2. The van der Waals surface area contributed by atoms with Crippen LogP contribution in [0, 0.1) is 0 Å². The van der Waals surface area contributed by atoms with Crippen LogP contribution in [0.15, 0.2) is 59.2 Å². The molecule has 4 rings (SSSR count). The number of amides is 2. The van der Waals surface area contributed by atoms with Gasteiger partial charge in [0, 0.05) is 29.8 Å². The summed E-state index contributed by atoms with van der Waals surface area (Å²) >= 11 is 0. The lowest BCUT2D eigenvalue weighted by molar-refractivity contribution is -0.123. The van der Waals surface area contributed by atoms with Gasteiger partial charge in [-0.15, -0.1) is 0 Å². The van der Waals surface area contributed by atoms with Crippen LogP contribution in [0.3, 0.4) is 0 Å². The molecule has 9 nitrogen and oxygen atoms in total. The molecule has 0 spiro atoms. The first kappa shape index (κ1) is 25.9. The van der Waals surface area contributed by atoms with Gasteiger partial charge in [-0.05, 0) is 31.0 Å². The van der Waals surface area contributed by atoms with Gasteiger partial charge in [0.05, 0.1) is 40.4 Å². The number of rotatable bonds is 10. The molecule has 1 atom stereocenters. The minimum atomic E-state index is -1.12. The minimum absolute atomic E-state index is 0.0204. The first-order chi connectivity index (χ1) is 18.0. The Morgan fingerprint density at radius 1 is 0.919 bits per heavy atom. The largest absolute Gasteiger partial charge is 0.497 e. The van der Waals surface area contributed by atoms with Gasteiger partial charge in [-0.3, -0.25) is 14.5 Å². The van der Waals surface area contributed by atoms with E-state index in [1.165, 1.54) is 39.6 Å². The van der Waals surface area contributed by atoms with E-state index in [-0.39, 0.29) is 17.7 Å². The van der Waals surface area contributed by atoms with E-state index in [1.54, 1.807) is 48.5 Å². The molecule has 196 valence electrons. The third-order valence-electron chi connectivity index (χ3n) is 6.50. The Kier molecular flexibility index (Phi) is 8.22. The van der Waals surface area contributed by atoms with Crippen LogP contribution in [-0.4, -0.2) is 46.3 Å². The van der Waals surface area contributed by atoms with Crippen molar-refractivity contribution in [1.82, 2.24) is 5.32 Å². The van der Waals surface area contributed by atoms with Crippen molar-refractivity contribution in [3.05, 3.63) is 66.1 Å². The molecule has 1 heterocycles. The van der Waals surface area contributed by atoms with Crippen molar-refractivity contribution in [2.45, 2.75) is 37.8 Å².